The highest BCUT2D eigenvalue weighted by atomic mass is 31.2. The molecule has 23 heavy (non-hydrogen) atoms. The maximum absolute atomic E-state index is 12.5. The molecule has 2 aliphatic heterocycles. The fourth-order valence-electron chi connectivity index (χ4n) is 2.78. The van der Waals surface area contributed by atoms with Gasteiger partial charge in [-0.05, 0) is 19.9 Å². The minimum absolute atomic E-state index is 0.0760. The second-order valence-electron chi connectivity index (χ2n) is 5.93. The van der Waals surface area contributed by atoms with Gasteiger partial charge in [-0.1, -0.05) is 6.92 Å². The molecule has 0 bridgehead atoms. The van der Waals surface area contributed by atoms with Crippen LogP contribution in [0.4, 0.5) is 5.82 Å². The first-order valence-corrected chi connectivity index (χ1v) is 8.86. The highest BCUT2D eigenvalue weighted by molar-refractivity contribution is 7.48. The van der Waals surface area contributed by atoms with Crippen LogP contribution in [0.5, 0.6) is 0 Å². The van der Waals surface area contributed by atoms with Crippen molar-refractivity contribution in [3.8, 4) is 0 Å². The number of hydrogen-bond donors (Lipinski definition) is 1. The number of anilines is 1. The van der Waals surface area contributed by atoms with Crippen LogP contribution in [0.3, 0.4) is 0 Å². The van der Waals surface area contributed by atoms with E-state index in [0.29, 0.717) is 0 Å². The fraction of sp³-hybridized carbons (Fsp3) is 0.692. The maximum Gasteiger partial charge on any atom is 0.475 e. The molecule has 0 amide bonds. The zero-order valence-corrected chi connectivity index (χ0v) is 14.0. The van der Waals surface area contributed by atoms with Crippen LogP contribution >= 0.6 is 7.82 Å². The molecule has 9 nitrogen and oxygen atoms in total. The van der Waals surface area contributed by atoms with E-state index in [1.165, 1.54) is 16.8 Å². The molecule has 5 atom stereocenters. The van der Waals surface area contributed by atoms with Gasteiger partial charge in [-0.3, -0.25) is 18.1 Å². The summed E-state index contributed by atoms with van der Waals surface area (Å²) in [5.41, 5.74) is 4.99. The van der Waals surface area contributed by atoms with Crippen LogP contribution in [0.15, 0.2) is 17.1 Å². The molecule has 0 radical (unpaired) electrons. The molecule has 1 unspecified atom stereocenters. The molecule has 2 aliphatic rings. The molecular weight excluding hydrogens is 325 g/mol. The predicted octanol–water partition coefficient (Wildman–Crippen LogP) is 1.31. The summed E-state index contributed by atoms with van der Waals surface area (Å²) in [4.78, 5) is 15.7. The zero-order valence-electron chi connectivity index (χ0n) is 13.1. The van der Waals surface area contributed by atoms with Crippen LogP contribution in [0.1, 0.15) is 27.0 Å². The third-order valence-electron chi connectivity index (χ3n) is 3.76. The summed E-state index contributed by atoms with van der Waals surface area (Å²) in [6, 6.07) is 1.52. The minimum atomic E-state index is -3.62. The van der Waals surface area contributed by atoms with E-state index in [9.17, 15) is 9.36 Å². The monoisotopic (exact) mass is 345 g/mol. The van der Waals surface area contributed by atoms with E-state index in [-0.39, 0.29) is 24.4 Å². The molecule has 0 saturated carbocycles. The second-order valence-corrected chi connectivity index (χ2v) is 7.51. The van der Waals surface area contributed by atoms with E-state index < -0.39 is 31.9 Å². The van der Waals surface area contributed by atoms with Gasteiger partial charge in [0.25, 0.3) is 0 Å². The van der Waals surface area contributed by atoms with Gasteiger partial charge in [0.15, 0.2) is 0 Å². The molecule has 2 fully saturated rings. The van der Waals surface area contributed by atoms with E-state index >= 15 is 0 Å². The number of nitrogen functional groups attached to an aromatic ring is 1. The molecule has 2 N–H and O–H groups in total. The maximum atomic E-state index is 12.5. The van der Waals surface area contributed by atoms with Gasteiger partial charge < -0.3 is 10.5 Å². The molecule has 128 valence electrons. The number of rotatable bonds is 3. The molecule has 3 heterocycles. The molecule has 10 heteroatoms. The van der Waals surface area contributed by atoms with E-state index in [1.807, 2.05) is 6.92 Å². The number of nitrogens with two attached hydrogens (primary N) is 1. The molecule has 1 aromatic heterocycles. The van der Waals surface area contributed by atoms with E-state index in [2.05, 4.69) is 4.98 Å². The Morgan fingerprint density at radius 3 is 2.91 bits per heavy atom. The number of phosphoric ester groups is 1. The largest absolute Gasteiger partial charge is 0.475 e. The number of phosphoric acid groups is 1. The summed E-state index contributed by atoms with van der Waals surface area (Å²) >= 11 is 0. The Labute approximate surface area is 133 Å². The lowest BCUT2D eigenvalue weighted by Crippen LogP contribution is -2.36. The van der Waals surface area contributed by atoms with Gasteiger partial charge in [0, 0.05) is 12.1 Å². The van der Waals surface area contributed by atoms with Gasteiger partial charge in [-0.2, -0.15) is 4.98 Å². The number of aromatic nitrogens is 2. The highest BCUT2D eigenvalue weighted by Gasteiger charge is 2.52. The van der Waals surface area contributed by atoms with Crippen LogP contribution in [0, 0.1) is 5.92 Å². The number of fused-ring (bicyclic) bond motifs is 1. The van der Waals surface area contributed by atoms with Crippen LogP contribution in [0.2, 0.25) is 0 Å². The molecule has 2 saturated heterocycles. The lowest BCUT2D eigenvalue weighted by atomic mass is 10.0. The van der Waals surface area contributed by atoms with Crippen molar-refractivity contribution < 1.29 is 22.9 Å². The zero-order chi connectivity index (χ0) is 16.8. The Balaban J connectivity index is 1.82. The van der Waals surface area contributed by atoms with Crippen molar-refractivity contribution in [2.75, 3.05) is 12.3 Å². The van der Waals surface area contributed by atoms with Crippen molar-refractivity contribution in [2.45, 2.75) is 45.3 Å². The summed E-state index contributed by atoms with van der Waals surface area (Å²) in [5.74, 6) is -0.0974. The molecular formula is C13H20N3O6P. The Kier molecular flexibility index (Phi) is 4.33. The van der Waals surface area contributed by atoms with Gasteiger partial charge in [0.05, 0.1) is 12.7 Å². The van der Waals surface area contributed by atoms with Crippen molar-refractivity contribution in [3.63, 3.8) is 0 Å². The average Bonchev–Trinajstić information content (AvgIpc) is 2.75. The van der Waals surface area contributed by atoms with Crippen molar-refractivity contribution >= 4 is 13.6 Å². The summed E-state index contributed by atoms with van der Waals surface area (Å²) in [5, 5.41) is 0. The summed E-state index contributed by atoms with van der Waals surface area (Å²) in [6.45, 7) is 5.42. The lowest BCUT2D eigenvalue weighted by molar-refractivity contribution is -0.0748. The third kappa shape index (κ3) is 3.20. The van der Waals surface area contributed by atoms with Crippen molar-refractivity contribution in [1.29, 1.82) is 0 Å². The molecule has 1 aromatic rings. The first-order valence-electron chi connectivity index (χ1n) is 7.40. The van der Waals surface area contributed by atoms with Gasteiger partial charge in [-0.25, -0.2) is 9.36 Å². The quantitative estimate of drug-likeness (QED) is 0.815. The first-order chi connectivity index (χ1) is 10.8. The minimum Gasteiger partial charge on any atom is -0.383 e. The Bertz CT molecular complexity index is 693. The number of hydrogen-bond acceptors (Lipinski definition) is 8. The lowest BCUT2D eigenvalue weighted by Gasteiger charge is -2.32. The van der Waals surface area contributed by atoms with Crippen molar-refractivity contribution in [1.82, 2.24) is 9.55 Å². The second kappa shape index (κ2) is 5.99. The first kappa shape index (κ1) is 16.6. The molecule has 3 rings (SSSR count). The summed E-state index contributed by atoms with van der Waals surface area (Å²) < 4.78 is 35.7. The van der Waals surface area contributed by atoms with Crippen LogP contribution in [-0.4, -0.2) is 34.5 Å². The third-order valence-corrected chi connectivity index (χ3v) is 5.41. The summed E-state index contributed by atoms with van der Waals surface area (Å²) in [7, 11) is -3.62. The predicted molar refractivity (Wildman–Crippen MR) is 80.6 cm³/mol. The van der Waals surface area contributed by atoms with Gasteiger partial charge in [0.1, 0.15) is 24.3 Å². The summed E-state index contributed by atoms with van der Waals surface area (Å²) in [6.07, 6.45) is -0.302. The van der Waals surface area contributed by atoms with Crippen LogP contribution in [-0.2, 0) is 22.9 Å². The normalized spacial score (nSPS) is 37.0. The van der Waals surface area contributed by atoms with Crippen LogP contribution < -0.4 is 11.4 Å². The number of nitrogens with zero attached hydrogens (tertiary/aromatic N) is 2. The fourth-order valence-corrected chi connectivity index (χ4v) is 4.42. The Morgan fingerprint density at radius 1 is 1.52 bits per heavy atom. The van der Waals surface area contributed by atoms with E-state index in [1.54, 1.807) is 13.8 Å². The smallest absolute Gasteiger partial charge is 0.383 e. The molecule has 0 aromatic carbocycles. The van der Waals surface area contributed by atoms with Crippen molar-refractivity contribution in [2.24, 2.45) is 5.92 Å². The van der Waals surface area contributed by atoms with Gasteiger partial charge in [-0.15, -0.1) is 0 Å². The van der Waals surface area contributed by atoms with E-state index in [4.69, 9.17) is 24.0 Å². The molecule has 0 aliphatic carbocycles. The SMILES string of the molecule is CC(C)OP1(=O)OC[C@H]2O[C@@H](n3ccc(N)nc3=O)[C@@H](C)[C@@H]2O1. The van der Waals surface area contributed by atoms with Gasteiger partial charge >= 0.3 is 13.5 Å². The van der Waals surface area contributed by atoms with Crippen molar-refractivity contribution in [3.05, 3.63) is 22.7 Å². The highest BCUT2D eigenvalue weighted by Crippen LogP contribution is 2.58. The molecule has 0 spiro atoms. The Morgan fingerprint density at radius 2 is 2.26 bits per heavy atom. The van der Waals surface area contributed by atoms with E-state index in [0.717, 1.165) is 0 Å². The number of ether oxygens (including phenoxy) is 1. The standard InChI is InChI=1S/C13H20N3O6P/c1-7(2)21-23(18)19-6-9-11(22-23)8(3)12(20-9)16-5-4-10(14)15-13(16)17/h4-5,7-9,11-12H,6H2,1-3H3,(H2,14,15,17)/t8-,9+,11-,12+,23?/m0/s1. The van der Waals surface area contributed by atoms with Gasteiger partial charge in [0.2, 0.25) is 0 Å². The topological polar surface area (TPSA) is 115 Å². The average molecular weight is 345 g/mol. The van der Waals surface area contributed by atoms with Crippen LogP contribution in [0.25, 0.3) is 0 Å². The Hall–Kier alpha value is -1.25.